The number of anilines is 2. The first-order valence-corrected chi connectivity index (χ1v) is 12.7. The van der Waals surface area contributed by atoms with Crippen LogP contribution >= 0.6 is 11.6 Å². The second kappa shape index (κ2) is 9.81. The number of carbonyl (C=O) groups excluding carboxylic acids is 2. The highest BCUT2D eigenvalue weighted by Crippen LogP contribution is 2.36. The quantitative estimate of drug-likeness (QED) is 0.644. The van der Waals surface area contributed by atoms with Crippen molar-refractivity contribution < 1.29 is 27.5 Å². The molecule has 2 heterocycles. The molecule has 11 heteroatoms. The first kappa shape index (κ1) is 24.3. The van der Waals surface area contributed by atoms with Gasteiger partial charge in [-0.15, -0.1) is 0 Å². The third kappa shape index (κ3) is 4.98. The molecule has 2 aromatic rings. The molecule has 2 aliphatic rings. The number of amides is 2. The highest BCUT2D eigenvalue weighted by Gasteiger charge is 2.32. The summed E-state index contributed by atoms with van der Waals surface area (Å²) in [4.78, 5) is 26.6. The van der Waals surface area contributed by atoms with Gasteiger partial charge in [-0.05, 0) is 55.2 Å². The molecule has 4 rings (SSSR count). The number of benzene rings is 2. The Hall–Kier alpha value is -2.82. The monoisotopic (exact) mass is 507 g/mol. The van der Waals surface area contributed by atoms with Crippen LogP contribution in [-0.4, -0.2) is 57.9 Å². The normalized spacial score (nSPS) is 17.1. The summed E-state index contributed by atoms with van der Waals surface area (Å²) in [5.74, 6) is 0.369. The van der Waals surface area contributed by atoms with E-state index in [1.807, 2.05) is 0 Å². The molecule has 1 saturated heterocycles. The van der Waals surface area contributed by atoms with Crippen LogP contribution in [0.25, 0.3) is 0 Å². The number of hydrogen-bond acceptors (Lipinski definition) is 6. The first-order chi connectivity index (χ1) is 16.2. The molecule has 1 fully saturated rings. The van der Waals surface area contributed by atoms with E-state index in [2.05, 4.69) is 12.2 Å². The first-order valence-electron chi connectivity index (χ1n) is 10.9. The van der Waals surface area contributed by atoms with Gasteiger partial charge >= 0.3 is 0 Å². The summed E-state index contributed by atoms with van der Waals surface area (Å²) in [6.07, 6.45) is 1.60. The van der Waals surface area contributed by atoms with Crippen molar-refractivity contribution in [3.8, 4) is 11.5 Å². The summed E-state index contributed by atoms with van der Waals surface area (Å²) in [6, 6.07) is 9.18. The number of sulfonamides is 1. The lowest BCUT2D eigenvalue weighted by Crippen LogP contribution is -2.43. The molecular formula is C23H26ClN3O6S. The molecule has 34 heavy (non-hydrogen) atoms. The summed E-state index contributed by atoms with van der Waals surface area (Å²) in [5, 5.41) is 3.02. The highest BCUT2D eigenvalue weighted by molar-refractivity contribution is 7.89. The predicted molar refractivity (Wildman–Crippen MR) is 128 cm³/mol. The number of ether oxygens (including phenoxy) is 2. The van der Waals surface area contributed by atoms with E-state index >= 15 is 0 Å². The number of methoxy groups -OCH3 is 1. The number of rotatable bonds is 6. The Morgan fingerprint density at radius 3 is 2.62 bits per heavy atom. The number of hydrogen-bond donors (Lipinski definition) is 1. The molecule has 0 atom stereocenters. The minimum Gasteiger partial charge on any atom is -0.495 e. The van der Waals surface area contributed by atoms with Gasteiger partial charge in [0.15, 0.2) is 6.61 Å². The van der Waals surface area contributed by atoms with Gasteiger partial charge in [-0.2, -0.15) is 4.31 Å². The van der Waals surface area contributed by atoms with Crippen molar-refractivity contribution in [2.24, 2.45) is 5.92 Å². The maximum Gasteiger partial charge on any atom is 0.265 e. The van der Waals surface area contributed by atoms with E-state index < -0.39 is 21.8 Å². The molecule has 0 aliphatic carbocycles. The Morgan fingerprint density at radius 2 is 1.94 bits per heavy atom. The maximum atomic E-state index is 13.2. The fourth-order valence-electron chi connectivity index (χ4n) is 3.98. The zero-order valence-electron chi connectivity index (χ0n) is 18.9. The highest BCUT2D eigenvalue weighted by atomic mass is 35.5. The SMILES string of the molecule is COc1ccc(NC(=O)CN2C(=O)COc3ccc(S(=O)(=O)N4CCC(C)CC4)cc32)cc1Cl. The smallest absolute Gasteiger partial charge is 0.265 e. The van der Waals surface area contributed by atoms with E-state index in [9.17, 15) is 18.0 Å². The number of piperidine rings is 1. The van der Waals surface area contributed by atoms with Crippen LogP contribution in [0.4, 0.5) is 11.4 Å². The molecule has 1 N–H and O–H groups in total. The molecule has 9 nitrogen and oxygen atoms in total. The zero-order chi connectivity index (χ0) is 24.5. The van der Waals surface area contributed by atoms with Gasteiger partial charge in [-0.3, -0.25) is 14.5 Å². The Balaban J connectivity index is 1.55. The largest absolute Gasteiger partial charge is 0.495 e. The van der Waals surface area contributed by atoms with Gasteiger partial charge in [0, 0.05) is 18.8 Å². The average Bonchev–Trinajstić information content (AvgIpc) is 2.81. The fourth-order valence-corrected chi connectivity index (χ4v) is 5.73. The van der Waals surface area contributed by atoms with Crippen molar-refractivity contribution in [2.75, 3.05) is 43.6 Å². The van der Waals surface area contributed by atoms with Gasteiger partial charge in [-0.1, -0.05) is 18.5 Å². The molecule has 182 valence electrons. The van der Waals surface area contributed by atoms with E-state index in [-0.39, 0.29) is 23.7 Å². The van der Waals surface area contributed by atoms with E-state index in [1.54, 1.807) is 12.1 Å². The lowest BCUT2D eigenvalue weighted by Gasteiger charge is -2.31. The molecule has 0 bridgehead atoms. The molecule has 0 radical (unpaired) electrons. The number of nitrogens with zero attached hydrogens (tertiary/aromatic N) is 2. The van der Waals surface area contributed by atoms with Crippen molar-refractivity contribution in [1.82, 2.24) is 4.31 Å². The topological polar surface area (TPSA) is 105 Å². The molecule has 0 saturated carbocycles. The van der Waals surface area contributed by atoms with Crippen LogP contribution in [0, 0.1) is 5.92 Å². The summed E-state index contributed by atoms with van der Waals surface area (Å²) in [6.45, 7) is 2.45. The van der Waals surface area contributed by atoms with Crippen molar-refractivity contribution in [3.63, 3.8) is 0 Å². The van der Waals surface area contributed by atoms with Crippen LogP contribution in [-0.2, 0) is 19.6 Å². The van der Waals surface area contributed by atoms with Crippen molar-refractivity contribution in [3.05, 3.63) is 41.4 Å². The number of nitrogens with one attached hydrogen (secondary N) is 1. The lowest BCUT2D eigenvalue weighted by atomic mass is 10.0. The number of fused-ring (bicyclic) bond motifs is 1. The molecule has 2 aromatic carbocycles. The van der Waals surface area contributed by atoms with Gasteiger partial charge in [0.1, 0.15) is 18.0 Å². The Bertz CT molecular complexity index is 1210. The van der Waals surface area contributed by atoms with E-state index in [0.29, 0.717) is 41.2 Å². The van der Waals surface area contributed by atoms with E-state index in [0.717, 1.165) is 12.8 Å². The van der Waals surface area contributed by atoms with Crippen molar-refractivity contribution in [2.45, 2.75) is 24.7 Å². The van der Waals surface area contributed by atoms with Crippen molar-refractivity contribution in [1.29, 1.82) is 0 Å². The Morgan fingerprint density at radius 1 is 1.21 bits per heavy atom. The molecule has 0 spiro atoms. The molecule has 0 unspecified atom stereocenters. The minimum absolute atomic E-state index is 0.0615. The maximum absolute atomic E-state index is 13.2. The summed E-state index contributed by atoms with van der Waals surface area (Å²) >= 11 is 6.11. The van der Waals surface area contributed by atoms with Gasteiger partial charge in [0.05, 0.1) is 22.7 Å². The summed E-state index contributed by atoms with van der Waals surface area (Å²) in [7, 11) is -2.25. The third-order valence-corrected chi connectivity index (χ3v) is 8.18. The van der Waals surface area contributed by atoms with Crippen LogP contribution in [0.1, 0.15) is 19.8 Å². The van der Waals surface area contributed by atoms with Gasteiger partial charge in [0.2, 0.25) is 15.9 Å². The Labute approximate surface area is 203 Å². The molecule has 2 amide bonds. The number of halogens is 1. The Kier molecular flexibility index (Phi) is 7.01. The van der Waals surface area contributed by atoms with Crippen LogP contribution in [0.2, 0.25) is 5.02 Å². The minimum atomic E-state index is -3.74. The second-order valence-corrected chi connectivity index (χ2v) is 10.7. The number of carbonyl (C=O) groups is 2. The summed E-state index contributed by atoms with van der Waals surface area (Å²) < 4.78 is 38.4. The molecular weight excluding hydrogens is 482 g/mol. The van der Waals surface area contributed by atoms with Crippen LogP contribution in [0.5, 0.6) is 11.5 Å². The van der Waals surface area contributed by atoms with Gasteiger partial charge < -0.3 is 14.8 Å². The fraction of sp³-hybridized carbons (Fsp3) is 0.391. The average molecular weight is 508 g/mol. The van der Waals surface area contributed by atoms with Crippen LogP contribution in [0.15, 0.2) is 41.3 Å². The molecule has 2 aliphatic heterocycles. The van der Waals surface area contributed by atoms with E-state index in [4.69, 9.17) is 21.1 Å². The third-order valence-electron chi connectivity index (χ3n) is 5.99. The predicted octanol–water partition coefficient (Wildman–Crippen LogP) is 3.13. The zero-order valence-corrected chi connectivity index (χ0v) is 20.5. The van der Waals surface area contributed by atoms with Gasteiger partial charge in [0.25, 0.3) is 5.91 Å². The summed E-state index contributed by atoms with van der Waals surface area (Å²) in [5.41, 5.74) is 0.679. The van der Waals surface area contributed by atoms with E-state index in [1.165, 1.54) is 40.6 Å². The second-order valence-electron chi connectivity index (χ2n) is 8.38. The molecule has 0 aromatic heterocycles. The van der Waals surface area contributed by atoms with Crippen LogP contribution in [0.3, 0.4) is 0 Å². The standard InChI is InChI=1S/C23H26ClN3O6S/c1-15-7-9-26(10-8-15)34(30,31)17-4-6-21-19(12-17)27(23(29)14-33-21)13-22(28)25-16-3-5-20(32-2)18(24)11-16/h3-6,11-12,15H,7-10,13-14H2,1-2H3,(H,25,28). The van der Waals surface area contributed by atoms with Gasteiger partial charge in [-0.25, -0.2) is 8.42 Å². The van der Waals surface area contributed by atoms with Crippen molar-refractivity contribution >= 4 is 44.8 Å². The van der Waals surface area contributed by atoms with Crippen LogP contribution < -0.4 is 19.7 Å². The lowest BCUT2D eigenvalue weighted by molar-refractivity contribution is -0.123.